The first-order valence-electron chi connectivity index (χ1n) is 9.53. The Hall–Kier alpha value is -2.19. The Morgan fingerprint density at radius 1 is 1.00 bits per heavy atom. The highest BCUT2D eigenvalue weighted by Gasteiger charge is 2.32. The Morgan fingerprint density at radius 3 is 2.45 bits per heavy atom. The molecule has 10 heteroatoms. The standard InChI is InChI=1S/C21H22Cl3N3O4/c1-30-18-10-16(19(31-2)9-14(18)24)25-20(28)11-27-7-3-4-17(27)21(29)26-15-8-12(22)5-6-13(15)23/h5-6,8-10,17H,3-4,7,11H2,1-2H3,(H,25,28)(H,26,29). The summed E-state index contributed by atoms with van der Waals surface area (Å²) in [4.78, 5) is 27.3. The first-order valence-corrected chi connectivity index (χ1v) is 10.7. The first kappa shape index (κ1) is 23.5. The van der Waals surface area contributed by atoms with Crippen molar-refractivity contribution in [1.82, 2.24) is 4.90 Å². The van der Waals surface area contributed by atoms with Crippen LogP contribution in [0, 0.1) is 0 Å². The summed E-state index contributed by atoms with van der Waals surface area (Å²) in [6, 6.07) is 7.56. The van der Waals surface area contributed by atoms with E-state index in [1.54, 1.807) is 30.3 Å². The second kappa shape index (κ2) is 10.4. The molecule has 1 fully saturated rings. The van der Waals surface area contributed by atoms with Crippen molar-refractivity contribution in [1.29, 1.82) is 0 Å². The van der Waals surface area contributed by atoms with E-state index in [0.29, 0.717) is 50.9 Å². The Kier molecular flexibility index (Phi) is 7.89. The largest absolute Gasteiger partial charge is 0.495 e. The molecule has 2 aromatic rings. The zero-order valence-corrected chi connectivity index (χ0v) is 19.3. The number of ether oxygens (including phenoxy) is 2. The second-order valence-corrected chi connectivity index (χ2v) is 8.23. The van der Waals surface area contributed by atoms with Crippen LogP contribution in [-0.4, -0.2) is 50.1 Å². The molecular formula is C21H22Cl3N3O4. The van der Waals surface area contributed by atoms with Gasteiger partial charge in [0, 0.05) is 17.2 Å². The molecule has 31 heavy (non-hydrogen) atoms. The van der Waals surface area contributed by atoms with Crippen LogP contribution < -0.4 is 20.1 Å². The summed E-state index contributed by atoms with van der Waals surface area (Å²) in [6.45, 7) is 0.658. The zero-order valence-electron chi connectivity index (χ0n) is 17.0. The van der Waals surface area contributed by atoms with Crippen LogP contribution in [0.4, 0.5) is 11.4 Å². The van der Waals surface area contributed by atoms with Gasteiger partial charge in [0.25, 0.3) is 0 Å². The number of hydrogen-bond acceptors (Lipinski definition) is 5. The Balaban J connectivity index is 1.67. The summed E-state index contributed by atoms with van der Waals surface area (Å²) in [5, 5.41) is 6.84. The molecule has 3 rings (SSSR count). The summed E-state index contributed by atoms with van der Waals surface area (Å²) in [5.41, 5.74) is 0.869. The molecule has 0 spiro atoms. The van der Waals surface area contributed by atoms with E-state index in [0.717, 1.165) is 6.42 Å². The fraction of sp³-hybridized carbons (Fsp3) is 0.333. The number of halogens is 3. The molecule has 0 bridgehead atoms. The fourth-order valence-electron chi connectivity index (χ4n) is 3.45. The van der Waals surface area contributed by atoms with Gasteiger partial charge in [-0.15, -0.1) is 0 Å². The molecule has 1 atom stereocenters. The molecule has 1 heterocycles. The lowest BCUT2D eigenvalue weighted by Crippen LogP contribution is -2.43. The van der Waals surface area contributed by atoms with Crippen molar-refractivity contribution in [2.45, 2.75) is 18.9 Å². The van der Waals surface area contributed by atoms with Crippen LogP contribution in [0.1, 0.15) is 12.8 Å². The van der Waals surface area contributed by atoms with Gasteiger partial charge in [0.2, 0.25) is 11.8 Å². The van der Waals surface area contributed by atoms with Crippen molar-refractivity contribution in [3.05, 3.63) is 45.4 Å². The second-order valence-electron chi connectivity index (χ2n) is 6.98. The minimum absolute atomic E-state index is 0.0372. The van der Waals surface area contributed by atoms with Crippen LogP contribution in [0.15, 0.2) is 30.3 Å². The minimum Gasteiger partial charge on any atom is -0.495 e. The van der Waals surface area contributed by atoms with Crippen LogP contribution in [0.2, 0.25) is 15.1 Å². The van der Waals surface area contributed by atoms with Gasteiger partial charge in [-0.1, -0.05) is 34.8 Å². The van der Waals surface area contributed by atoms with Gasteiger partial charge in [0.15, 0.2) is 0 Å². The topological polar surface area (TPSA) is 79.9 Å². The zero-order chi connectivity index (χ0) is 22.5. The van der Waals surface area contributed by atoms with Gasteiger partial charge in [-0.25, -0.2) is 0 Å². The van der Waals surface area contributed by atoms with Gasteiger partial charge in [-0.05, 0) is 37.6 Å². The van der Waals surface area contributed by atoms with E-state index in [9.17, 15) is 9.59 Å². The smallest absolute Gasteiger partial charge is 0.241 e. The molecule has 1 aliphatic rings. The molecule has 1 unspecified atom stereocenters. The van der Waals surface area contributed by atoms with Gasteiger partial charge in [-0.3, -0.25) is 14.5 Å². The van der Waals surface area contributed by atoms with Crippen molar-refractivity contribution in [2.75, 3.05) is 37.9 Å². The quantitative estimate of drug-likeness (QED) is 0.593. The van der Waals surface area contributed by atoms with E-state index in [1.165, 1.54) is 14.2 Å². The number of rotatable bonds is 7. The van der Waals surface area contributed by atoms with Crippen LogP contribution in [0.25, 0.3) is 0 Å². The van der Waals surface area contributed by atoms with Crippen molar-refractivity contribution in [2.24, 2.45) is 0 Å². The lowest BCUT2D eigenvalue weighted by molar-refractivity contribution is -0.122. The molecule has 0 saturated carbocycles. The number of amides is 2. The van der Waals surface area contributed by atoms with Crippen molar-refractivity contribution < 1.29 is 19.1 Å². The monoisotopic (exact) mass is 485 g/mol. The van der Waals surface area contributed by atoms with Gasteiger partial charge in [0.1, 0.15) is 11.5 Å². The number of anilines is 2. The van der Waals surface area contributed by atoms with E-state index < -0.39 is 6.04 Å². The van der Waals surface area contributed by atoms with Crippen molar-refractivity contribution in [3.8, 4) is 11.5 Å². The number of likely N-dealkylation sites (tertiary alicyclic amines) is 1. The van der Waals surface area contributed by atoms with E-state index >= 15 is 0 Å². The summed E-state index contributed by atoms with van der Waals surface area (Å²) < 4.78 is 10.5. The summed E-state index contributed by atoms with van der Waals surface area (Å²) in [6.07, 6.45) is 1.43. The maximum absolute atomic E-state index is 12.8. The third-order valence-corrected chi connectivity index (χ3v) is 5.81. The van der Waals surface area contributed by atoms with E-state index in [-0.39, 0.29) is 18.4 Å². The maximum atomic E-state index is 12.8. The van der Waals surface area contributed by atoms with E-state index in [4.69, 9.17) is 44.3 Å². The van der Waals surface area contributed by atoms with Crippen molar-refractivity contribution >= 4 is 58.0 Å². The first-order chi connectivity index (χ1) is 14.8. The third kappa shape index (κ3) is 5.74. The van der Waals surface area contributed by atoms with Gasteiger partial charge < -0.3 is 20.1 Å². The molecule has 2 N–H and O–H groups in total. The summed E-state index contributed by atoms with van der Waals surface area (Å²) in [7, 11) is 2.97. The number of carbonyl (C=O) groups is 2. The van der Waals surface area contributed by atoms with E-state index in [2.05, 4.69) is 10.6 Å². The lowest BCUT2D eigenvalue weighted by atomic mass is 10.2. The normalized spacial score (nSPS) is 16.1. The number of nitrogens with one attached hydrogen (secondary N) is 2. The highest BCUT2D eigenvalue weighted by molar-refractivity contribution is 6.35. The highest BCUT2D eigenvalue weighted by atomic mass is 35.5. The Labute approximate surface area is 195 Å². The Bertz CT molecular complexity index is 987. The third-order valence-electron chi connectivity index (χ3n) is 4.95. The average molecular weight is 487 g/mol. The molecule has 2 aromatic carbocycles. The number of methoxy groups -OCH3 is 2. The fourth-order valence-corrected chi connectivity index (χ4v) is 4.02. The number of carbonyl (C=O) groups excluding carboxylic acids is 2. The number of nitrogens with zero attached hydrogens (tertiary/aromatic N) is 1. The molecule has 166 valence electrons. The highest BCUT2D eigenvalue weighted by Crippen LogP contribution is 2.36. The van der Waals surface area contributed by atoms with Crippen LogP contribution >= 0.6 is 34.8 Å². The van der Waals surface area contributed by atoms with Gasteiger partial charge in [0.05, 0.1) is 48.2 Å². The lowest BCUT2D eigenvalue weighted by Gasteiger charge is -2.23. The van der Waals surface area contributed by atoms with Crippen molar-refractivity contribution in [3.63, 3.8) is 0 Å². The Morgan fingerprint density at radius 2 is 1.74 bits per heavy atom. The minimum atomic E-state index is -0.456. The average Bonchev–Trinajstić information content (AvgIpc) is 3.19. The number of benzene rings is 2. The molecule has 0 aliphatic carbocycles. The van der Waals surface area contributed by atoms with E-state index in [1.807, 2.05) is 4.90 Å². The molecule has 1 saturated heterocycles. The molecule has 0 radical (unpaired) electrons. The summed E-state index contributed by atoms with van der Waals surface area (Å²) in [5.74, 6) is 0.295. The van der Waals surface area contributed by atoms with Crippen LogP contribution in [0.3, 0.4) is 0 Å². The molecule has 1 aliphatic heterocycles. The van der Waals surface area contributed by atoms with Gasteiger partial charge >= 0.3 is 0 Å². The summed E-state index contributed by atoms with van der Waals surface area (Å²) >= 11 is 18.2. The van der Waals surface area contributed by atoms with Gasteiger partial charge in [-0.2, -0.15) is 0 Å². The molecule has 7 nitrogen and oxygen atoms in total. The molecule has 0 aromatic heterocycles. The van der Waals surface area contributed by atoms with Crippen LogP contribution in [0.5, 0.6) is 11.5 Å². The SMILES string of the molecule is COc1cc(NC(=O)CN2CCCC2C(=O)Nc2cc(Cl)ccc2Cl)c(OC)cc1Cl. The number of hydrogen-bond donors (Lipinski definition) is 2. The predicted octanol–water partition coefficient (Wildman–Crippen LogP) is 4.71. The molecular weight excluding hydrogens is 465 g/mol. The maximum Gasteiger partial charge on any atom is 0.241 e. The van der Waals surface area contributed by atoms with Crippen LogP contribution in [-0.2, 0) is 9.59 Å². The predicted molar refractivity (Wildman–Crippen MR) is 123 cm³/mol. The molecule has 2 amide bonds.